The number of phenols is 1. The highest BCUT2D eigenvalue weighted by atomic mass is 16.5. The van der Waals surface area contributed by atoms with Crippen molar-refractivity contribution >= 4 is 11.6 Å². The first-order valence-electron chi connectivity index (χ1n) is 6.56. The van der Waals surface area contributed by atoms with E-state index in [0.717, 1.165) is 5.56 Å². The first-order valence-corrected chi connectivity index (χ1v) is 6.56. The van der Waals surface area contributed by atoms with Crippen LogP contribution in [0.4, 0.5) is 5.69 Å². The average molecular weight is 285 g/mol. The molecule has 2 aromatic carbocycles. The van der Waals surface area contributed by atoms with Crippen molar-refractivity contribution in [2.75, 3.05) is 12.0 Å². The van der Waals surface area contributed by atoms with E-state index in [1.165, 1.54) is 17.0 Å². The number of phenolic OH excluding ortho intramolecular Hbond substituents is 1. The zero-order valence-electron chi connectivity index (χ0n) is 11.4. The highest BCUT2D eigenvalue weighted by Gasteiger charge is 2.47. The van der Waals surface area contributed by atoms with Gasteiger partial charge in [-0.2, -0.15) is 0 Å². The Morgan fingerprint density at radius 1 is 1.05 bits per heavy atom. The van der Waals surface area contributed by atoms with Gasteiger partial charge in [-0.3, -0.25) is 9.69 Å². The maximum atomic E-state index is 12.0. The molecule has 5 nitrogen and oxygen atoms in total. The van der Waals surface area contributed by atoms with Gasteiger partial charge in [0.1, 0.15) is 11.5 Å². The lowest BCUT2D eigenvalue weighted by Gasteiger charge is -2.44. The Morgan fingerprint density at radius 3 is 2.24 bits per heavy atom. The van der Waals surface area contributed by atoms with Crippen LogP contribution in [0.3, 0.4) is 0 Å². The van der Waals surface area contributed by atoms with E-state index in [2.05, 4.69) is 0 Å². The van der Waals surface area contributed by atoms with E-state index in [1.807, 2.05) is 0 Å². The number of carbonyl (C=O) groups is 1. The summed E-state index contributed by atoms with van der Waals surface area (Å²) in [6, 6.07) is 13.1. The number of methoxy groups -OCH3 is 1. The molecule has 0 spiro atoms. The summed E-state index contributed by atoms with van der Waals surface area (Å²) >= 11 is 0. The summed E-state index contributed by atoms with van der Waals surface area (Å²) in [5.74, 6) is 0.515. The molecule has 108 valence electrons. The van der Waals surface area contributed by atoms with E-state index in [4.69, 9.17) is 4.74 Å². The van der Waals surface area contributed by atoms with Gasteiger partial charge in [0.2, 0.25) is 0 Å². The van der Waals surface area contributed by atoms with Crippen LogP contribution in [0.2, 0.25) is 0 Å². The van der Waals surface area contributed by atoms with Crippen LogP contribution in [0.1, 0.15) is 11.6 Å². The third kappa shape index (κ3) is 2.21. The highest BCUT2D eigenvalue weighted by molar-refractivity contribution is 6.04. The van der Waals surface area contributed by atoms with Crippen molar-refractivity contribution in [3.05, 3.63) is 54.1 Å². The van der Waals surface area contributed by atoms with Crippen molar-refractivity contribution in [2.45, 2.75) is 12.1 Å². The quantitative estimate of drug-likeness (QED) is 0.844. The number of ether oxygens (including phenoxy) is 1. The third-order valence-electron chi connectivity index (χ3n) is 3.65. The van der Waals surface area contributed by atoms with Gasteiger partial charge in [-0.15, -0.1) is 0 Å². The van der Waals surface area contributed by atoms with Crippen LogP contribution in [-0.4, -0.2) is 29.3 Å². The van der Waals surface area contributed by atoms with Crippen molar-refractivity contribution in [3.8, 4) is 11.5 Å². The molecule has 2 unspecified atom stereocenters. The van der Waals surface area contributed by atoms with Crippen LogP contribution in [0.5, 0.6) is 11.5 Å². The fraction of sp³-hybridized carbons (Fsp3) is 0.188. The Bertz CT molecular complexity index is 651. The lowest BCUT2D eigenvalue weighted by molar-refractivity contribution is -0.137. The second-order valence-electron chi connectivity index (χ2n) is 4.89. The largest absolute Gasteiger partial charge is 0.508 e. The van der Waals surface area contributed by atoms with Gasteiger partial charge in [0.05, 0.1) is 13.2 Å². The molecule has 0 aliphatic carbocycles. The van der Waals surface area contributed by atoms with Crippen molar-refractivity contribution in [1.82, 2.24) is 0 Å². The monoisotopic (exact) mass is 285 g/mol. The lowest BCUT2D eigenvalue weighted by Crippen LogP contribution is -2.59. The van der Waals surface area contributed by atoms with Gasteiger partial charge >= 0.3 is 0 Å². The van der Waals surface area contributed by atoms with E-state index < -0.39 is 12.1 Å². The molecular weight excluding hydrogens is 270 g/mol. The molecule has 0 saturated carbocycles. The molecule has 0 aromatic heterocycles. The molecule has 0 radical (unpaired) electrons. The number of hydrogen-bond acceptors (Lipinski definition) is 4. The van der Waals surface area contributed by atoms with Gasteiger partial charge in [0.15, 0.2) is 6.10 Å². The van der Waals surface area contributed by atoms with Crippen molar-refractivity contribution in [2.24, 2.45) is 0 Å². The molecule has 1 saturated heterocycles. The van der Waals surface area contributed by atoms with Crippen LogP contribution in [-0.2, 0) is 4.79 Å². The Hall–Kier alpha value is -2.53. The standard InChI is InChI=1S/C16H15NO4/c1-21-13-8-4-11(5-9-13)17-14(15(19)16(17)20)10-2-6-12(18)7-3-10/h2-9,14-15,18-19H,1H3. The van der Waals surface area contributed by atoms with Crippen molar-refractivity contribution in [3.63, 3.8) is 0 Å². The molecule has 1 aliphatic heterocycles. The first-order chi connectivity index (χ1) is 10.1. The molecule has 2 N–H and O–H groups in total. The number of nitrogens with zero attached hydrogens (tertiary/aromatic N) is 1. The minimum Gasteiger partial charge on any atom is -0.508 e. The molecule has 2 atom stereocenters. The third-order valence-corrected chi connectivity index (χ3v) is 3.65. The Morgan fingerprint density at radius 2 is 1.67 bits per heavy atom. The van der Waals surface area contributed by atoms with E-state index in [-0.39, 0.29) is 11.7 Å². The van der Waals surface area contributed by atoms with Gasteiger partial charge in [-0.05, 0) is 42.0 Å². The van der Waals surface area contributed by atoms with Crippen molar-refractivity contribution < 1.29 is 19.7 Å². The fourth-order valence-electron chi connectivity index (χ4n) is 2.51. The average Bonchev–Trinajstić information content (AvgIpc) is 2.53. The summed E-state index contributed by atoms with van der Waals surface area (Å²) in [6.07, 6.45) is -1.06. The molecule has 1 fully saturated rings. The van der Waals surface area contributed by atoms with Gasteiger partial charge in [-0.1, -0.05) is 12.1 Å². The molecule has 1 amide bonds. The van der Waals surface area contributed by atoms with Gasteiger partial charge in [0, 0.05) is 5.69 Å². The summed E-state index contributed by atoms with van der Waals surface area (Å²) < 4.78 is 5.09. The molecule has 21 heavy (non-hydrogen) atoms. The maximum Gasteiger partial charge on any atom is 0.259 e. The molecule has 3 rings (SSSR count). The first kappa shape index (κ1) is 13.5. The second-order valence-corrected chi connectivity index (χ2v) is 4.89. The molecule has 0 bridgehead atoms. The molecule has 1 aliphatic rings. The topological polar surface area (TPSA) is 70.0 Å². The molecule has 5 heteroatoms. The van der Waals surface area contributed by atoms with E-state index in [9.17, 15) is 15.0 Å². The van der Waals surface area contributed by atoms with Crippen molar-refractivity contribution in [1.29, 1.82) is 0 Å². The smallest absolute Gasteiger partial charge is 0.259 e. The number of aliphatic hydroxyl groups excluding tert-OH is 1. The van der Waals surface area contributed by atoms with Gasteiger partial charge < -0.3 is 14.9 Å². The fourth-order valence-corrected chi connectivity index (χ4v) is 2.51. The summed E-state index contributed by atoms with van der Waals surface area (Å²) in [5.41, 5.74) is 1.47. The summed E-state index contributed by atoms with van der Waals surface area (Å²) in [7, 11) is 1.58. The van der Waals surface area contributed by atoms with Crippen LogP contribution in [0.25, 0.3) is 0 Å². The van der Waals surface area contributed by atoms with Crippen LogP contribution < -0.4 is 9.64 Å². The van der Waals surface area contributed by atoms with Gasteiger partial charge in [0.25, 0.3) is 5.91 Å². The minimum atomic E-state index is -1.06. The lowest BCUT2D eigenvalue weighted by atomic mass is 9.90. The Balaban J connectivity index is 1.92. The zero-order valence-corrected chi connectivity index (χ0v) is 11.4. The number of rotatable bonds is 3. The molecule has 1 heterocycles. The SMILES string of the molecule is COc1ccc(N2C(=O)C(O)C2c2ccc(O)cc2)cc1. The normalized spacial score (nSPS) is 21.0. The molecule has 2 aromatic rings. The van der Waals surface area contributed by atoms with Crippen LogP contribution in [0, 0.1) is 0 Å². The number of anilines is 1. The van der Waals surface area contributed by atoms with Crippen LogP contribution in [0.15, 0.2) is 48.5 Å². The van der Waals surface area contributed by atoms with Crippen LogP contribution >= 0.6 is 0 Å². The molecular formula is C16H15NO4. The highest BCUT2D eigenvalue weighted by Crippen LogP contribution is 2.39. The number of aromatic hydroxyl groups is 1. The summed E-state index contributed by atoms with van der Waals surface area (Å²) in [5, 5.41) is 19.3. The Kier molecular flexibility index (Phi) is 3.27. The number of β-lactam (4-membered cyclic amide) rings is 1. The second kappa shape index (κ2) is 5.10. The van der Waals surface area contributed by atoms with E-state index >= 15 is 0 Å². The number of benzene rings is 2. The Labute approximate surface area is 122 Å². The predicted molar refractivity (Wildman–Crippen MR) is 77.3 cm³/mol. The number of aliphatic hydroxyl groups is 1. The number of hydrogen-bond donors (Lipinski definition) is 2. The number of carbonyl (C=O) groups excluding carboxylic acids is 1. The van der Waals surface area contributed by atoms with Gasteiger partial charge in [-0.25, -0.2) is 0 Å². The zero-order chi connectivity index (χ0) is 15.0. The summed E-state index contributed by atoms with van der Waals surface area (Å²) in [4.78, 5) is 13.5. The van der Waals surface area contributed by atoms with E-state index in [1.54, 1.807) is 43.5 Å². The summed E-state index contributed by atoms with van der Waals surface area (Å²) in [6.45, 7) is 0. The predicted octanol–water partition coefficient (Wildman–Crippen LogP) is 1.85. The number of amides is 1. The maximum absolute atomic E-state index is 12.0. The van der Waals surface area contributed by atoms with E-state index in [0.29, 0.717) is 11.4 Å². The minimum absolute atomic E-state index is 0.148.